The number of aliphatic hydroxyl groups is 1. The minimum atomic E-state index is -0.472. The van der Waals surface area contributed by atoms with Crippen molar-refractivity contribution in [1.82, 2.24) is 0 Å². The third-order valence-corrected chi connectivity index (χ3v) is 2.24. The zero-order valence-electron chi connectivity index (χ0n) is 7.96. The maximum atomic E-state index is 11.4. The van der Waals surface area contributed by atoms with E-state index in [4.69, 9.17) is 14.9 Å². The number of ether oxygens (including phenoxy) is 1. The van der Waals surface area contributed by atoms with Crippen molar-refractivity contribution in [1.29, 1.82) is 0 Å². The molecule has 0 bridgehead atoms. The molecule has 2 rings (SSSR count). The highest BCUT2D eigenvalue weighted by atomic mass is 16.6. The lowest BCUT2D eigenvalue weighted by molar-refractivity contribution is 0.0963. The van der Waals surface area contributed by atoms with Crippen LogP contribution < -0.4 is 4.90 Å². The Labute approximate surface area is 86.5 Å². The van der Waals surface area contributed by atoms with Gasteiger partial charge in [-0.25, -0.2) is 4.79 Å². The van der Waals surface area contributed by atoms with E-state index in [0.717, 1.165) is 0 Å². The normalized spacial score (nSPS) is 20.5. The van der Waals surface area contributed by atoms with Crippen LogP contribution in [-0.2, 0) is 4.74 Å². The van der Waals surface area contributed by atoms with Gasteiger partial charge in [-0.2, -0.15) is 0 Å². The topological polar surface area (TPSA) is 70.0 Å². The maximum Gasteiger partial charge on any atom is 0.414 e. The van der Waals surface area contributed by atoms with Gasteiger partial charge in [-0.1, -0.05) is 0 Å². The van der Waals surface area contributed by atoms with Crippen molar-refractivity contribution < 1.29 is 19.7 Å². The van der Waals surface area contributed by atoms with Gasteiger partial charge in [0.05, 0.1) is 13.2 Å². The number of anilines is 1. The van der Waals surface area contributed by atoms with Crippen LogP contribution in [0.2, 0.25) is 0 Å². The molecule has 0 radical (unpaired) electrons. The highest BCUT2D eigenvalue weighted by Gasteiger charge is 2.31. The van der Waals surface area contributed by atoms with Gasteiger partial charge < -0.3 is 14.9 Å². The number of rotatable bonds is 2. The molecule has 1 aromatic carbocycles. The summed E-state index contributed by atoms with van der Waals surface area (Å²) in [6, 6.07) is 6.23. The molecule has 1 amide bonds. The first-order chi connectivity index (χ1) is 7.20. The summed E-state index contributed by atoms with van der Waals surface area (Å²) in [4.78, 5) is 12.8. The summed E-state index contributed by atoms with van der Waals surface area (Å²) < 4.78 is 4.88. The minimum Gasteiger partial charge on any atom is -0.508 e. The summed E-state index contributed by atoms with van der Waals surface area (Å²) in [6.45, 7) is 0.153. The van der Waals surface area contributed by atoms with E-state index in [9.17, 15) is 4.79 Å². The van der Waals surface area contributed by atoms with Crippen molar-refractivity contribution in [3.05, 3.63) is 24.3 Å². The first-order valence-electron chi connectivity index (χ1n) is 4.59. The van der Waals surface area contributed by atoms with Crippen molar-refractivity contribution in [3.8, 4) is 5.75 Å². The quantitative estimate of drug-likeness (QED) is 0.752. The predicted octanol–water partition coefficient (Wildman–Crippen LogP) is 0.710. The Morgan fingerprint density at radius 2 is 2.07 bits per heavy atom. The lowest BCUT2D eigenvalue weighted by atomic mass is 10.2. The summed E-state index contributed by atoms with van der Waals surface area (Å²) in [5.74, 6) is 0.144. The van der Waals surface area contributed by atoms with Crippen LogP contribution in [0.25, 0.3) is 0 Å². The minimum absolute atomic E-state index is 0.144. The number of nitrogens with zero attached hydrogens (tertiary/aromatic N) is 1. The van der Waals surface area contributed by atoms with Gasteiger partial charge in [0.2, 0.25) is 0 Å². The van der Waals surface area contributed by atoms with Gasteiger partial charge in [0.15, 0.2) is 0 Å². The predicted molar refractivity (Wildman–Crippen MR) is 52.8 cm³/mol. The first-order valence-corrected chi connectivity index (χ1v) is 4.59. The molecule has 1 saturated heterocycles. The van der Waals surface area contributed by atoms with Gasteiger partial charge in [-0.3, -0.25) is 4.90 Å². The molecule has 1 fully saturated rings. The van der Waals surface area contributed by atoms with Gasteiger partial charge >= 0.3 is 6.09 Å². The number of amides is 1. The van der Waals surface area contributed by atoms with Crippen LogP contribution in [0, 0.1) is 0 Å². The van der Waals surface area contributed by atoms with E-state index in [1.54, 1.807) is 12.1 Å². The van der Waals surface area contributed by atoms with Gasteiger partial charge in [-0.15, -0.1) is 0 Å². The number of carbonyl (C=O) groups is 1. The van der Waals surface area contributed by atoms with Crippen LogP contribution in [0.5, 0.6) is 5.75 Å². The number of phenolic OH excluding ortho intramolecular Hbond substituents is 1. The molecule has 5 nitrogen and oxygen atoms in total. The number of hydrogen-bond acceptors (Lipinski definition) is 4. The molecule has 0 aromatic heterocycles. The number of hydrogen-bond donors (Lipinski definition) is 2. The molecule has 1 aliphatic heterocycles. The average molecular weight is 209 g/mol. The van der Waals surface area contributed by atoms with Gasteiger partial charge in [0, 0.05) is 5.69 Å². The van der Waals surface area contributed by atoms with Crippen molar-refractivity contribution in [2.75, 3.05) is 18.1 Å². The second kappa shape index (κ2) is 3.78. The Hall–Kier alpha value is -1.75. The summed E-state index contributed by atoms with van der Waals surface area (Å²) >= 11 is 0. The van der Waals surface area contributed by atoms with E-state index in [0.29, 0.717) is 12.2 Å². The zero-order chi connectivity index (χ0) is 10.8. The van der Waals surface area contributed by atoms with E-state index < -0.39 is 12.2 Å². The number of benzene rings is 1. The van der Waals surface area contributed by atoms with Crippen LogP contribution in [0.1, 0.15) is 0 Å². The fourth-order valence-electron chi connectivity index (χ4n) is 1.46. The molecule has 1 aliphatic rings. The Morgan fingerprint density at radius 1 is 1.40 bits per heavy atom. The van der Waals surface area contributed by atoms with Crippen LogP contribution in [0.4, 0.5) is 10.5 Å². The molecule has 0 saturated carbocycles. The number of aliphatic hydroxyl groups excluding tert-OH is 1. The Bertz CT molecular complexity index is 362. The standard InChI is InChI=1S/C10H11NO4/c12-6-9-5-11(10(14)15-9)7-1-3-8(13)4-2-7/h1-4,9,12-13H,5-6H2/t9-/m0/s1. The molecule has 1 aromatic rings. The number of aromatic hydroxyl groups is 1. The average Bonchev–Trinajstić information content (AvgIpc) is 2.61. The van der Waals surface area contributed by atoms with E-state index in [-0.39, 0.29) is 12.4 Å². The van der Waals surface area contributed by atoms with Crippen LogP contribution in [0.3, 0.4) is 0 Å². The zero-order valence-corrected chi connectivity index (χ0v) is 7.96. The second-order valence-corrected chi connectivity index (χ2v) is 3.32. The van der Waals surface area contributed by atoms with Crippen LogP contribution in [-0.4, -0.2) is 35.6 Å². The van der Waals surface area contributed by atoms with Crippen molar-refractivity contribution >= 4 is 11.8 Å². The smallest absolute Gasteiger partial charge is 0.414 e. The van der Waals surface area contributed by atoms with Crippen LogP contribution >= 0.6 is 0 Å². The maximum absolute atomic E-state index is 11.4. The van der Waals surface area contributed by atoms with E-state index in [1.165, 1.54) is 17.0 Å². The number of carbonyl (C=O) groups excluding carboxylic acids is 1. The third-order valence-electron chi connectivity index (χ3n) is 2.24. The van der Waals surface area contributed by atoms with E-state index in [2.05, 4.69) is 0 Å². The van der Waals surface area contributed by atoms with E-state index in [1.807, 2.05) is 0 Å². The molecule has 15 heavy (non-hydrogen) atoms. The molecule has 1 atom stereocenters. The highest BCUT2D eigenvalue weighted by Crippen LogP contribution is 2.23. The molecule has 1 heterocycles. The Kier molecular flexibility index (Phi) is 2.47. The SMILES string of the molecule is O=C1O[C@H](CO)CN1c1ccc(O)cc1. The first kappa shape index (κ1) is 9.79. The van der Waals surface area contributed by atoms with Crippen molar-refractivity contribution in [3.63, 3.8) is 0 Å². The summed E-state index contributed by atoms with van der Waals surface area (Å²) in [5.41, 5.74) is 0.647. The van der Waals surface area contributed by atoms with Gasteiger partial charge in [0.25, 0.3) is 0 Å². The molecular weight excluding hydrogens is 198 g/mol. The number of phenols is 1. The molecule has 2 N–H and O–H groups in total. The lowest BCUT2D eigenvalue weighted by Gasteiger charge is -2.12. The van der Waals surface area contributed by atoms with Gasteiger partial charge in [0.1, 0.15) is 11.9 Å². The van der Waals surface area contributed by atoms with Crippen molar-refractivity contribution in [2.24, 2.45) is 0 Å². The summed E-state index contributed by atoms with van der Waals surface area (Å²) in [5, 5.41) is 17.9. The Balaban J connectivity index is 2.18. The molecule has 80 valence electrons. The second-order valence-electron chi connectivity index (χ2n) is 3.32. The molecule has 0 unspecified atom stereocenters. The summed E-state index contributed by atoms with van der Waals surface area (Å²) in [6.07, 6.45) is -0.939. The van der Waals surface area contributed by atoms with E-state index >= 15 is 0 Å². The third kappa shape index (κ3) is 1.87. The molecule has 0 aliphatic carbocycles. The lowest BCUT2D eigenvalue weighted by Crippen LogP contribution is -2.25. The fourth-order valence-corrected chi connectivity index (χ4v) is 1.46. The molecule has 0 spiro atoms. The molecule has 5 heteroatoms. The molecular formula is C10H11NO4. The van der Waals surface area contributed by atoms with Crippen LogP contribution in [0.15, 0.2) is 24.3 Å². The fraction of sp³-hybridized carbons (Fsp3) is 0.300. The summed E-state index contributed by atoms with van der Waals surface area (Å²) in [7, 11) is 0. The Morgan fingerprint density at radius 3 is 2.60 bits per heavy atom. The monoisotopic (exact) mass is 209 g/mol. The highest BCUT2D eigenvalue weighted by molar-refractivity contribution is 5.89. The largest absolute Gasteiger partial charge is 0.508 e. The van der Waals surface area contributed by atoms with Gasteiger partial charge in [-0.05, 0) is 24.3 Å². The number of cyclic esters (lactones) is 1. The van der Waals surface area contributed by atoms with Crippen molar-refractivity contribution in [2.45, 2.75) is 6.10 Å².